The Kier molecular flexibility index (Phi) is 5.17. The number of hydrogen-bond donors (Lipinski definition) is 2. The maximum Gasteiger partial charge on any atom is 0.339 e. The van der Waals surface area contributed by atoms with E-state index in [1.807, 2.05) is 0 Å². The first-order valence-electron chi connectivity index (χ1n) is 6.63. The Morgan fingerprint density at radius 2 is 1.54 bits per heavy atom. The molecular formula is C15H14FNO6S. The first-order chi connectivity index (χ1) is 11.2. The van der Waals surface area contributed by atoms with E-state index in [0.717, 1.165) is 19.2 Å². The van der Waals surface area contributed by atoms with Crippen molar-refractivity contribution >= 4 is 15.8 Å². The van der Waals surface area contributed by atoms with Gasteiger partial charge in [0.1, 0.15) is 17.3 Å². The van der Waals surface area contributed by atoms with Gasteiger partial charge in [0.25, 0.3) is 0 Å². The van der Waals surface area contributed by atoms with Crippen LogP contribution in [0.2, 0.25) is 0 Å². The first kappa shape index (κ1) is 17.9. The van der Waals surface area contributed by atoms with E-state index >= 15 is 0 Å². The molecule has 0 aliphatic heterocycles. The molecule has 0 amide bonds. The van der Waals surface area contributed by atoms with Crippen LogP contribution in [0, 0.1) is 5.82 Å². The van der Waals surface area contributed by atoms with Crippen molar-refractivity contribution in [1.29, 1.82) is 0 Å². The van der Waals surface area contributed by atoms with Crippen LogP contribution in [-0.2, 0) is 14.6 Å². The number of carbonyl (C=O) groups is 1. The number of sulfone groups is 1. The molecule has 24 heavy (non-hydrogen) atoms. The van der Waals surface area contributed by atoms with Gasteiger partial charge in [-0.1, -0.05) is 0 Å². The number of hydroxylamine groups is 2. The van der Waals surface area contributed by atoms with Crippen LogP contribution in [-0.4, -0.2) is 42.2 Å². The molecule has 0 saturated heterocycles. The van der Waals surface area contributed by atoms with Crippen molar-refractivity contribution in [3.63, 3.8) is 0 Å². The number of carboxylic acid groups (broad SMARTS) is 1. The molecule has 2 aromatic carbocycles. The van der Waals surface area contributed by atoms with Gasteiger partial charge < -0.3 is 15.1 Å². The van der Waals surface area contributed by atoms with Gasteiger partial charge in [0.2, 0.25) is 15.2 Å². The van der Waals surface area contributed by atoms with Crippen LogP contribution in [0.4, 0.5) is 4.39 Å². The third kappa shape index (κ3) is 3.88. The molecule has 0 spiro atoms. The molecule has 0 bridgehead atoms. The minimum absolute atomic E-state index is 0.112. The van der Waals surface area contributed by atoms with Crippen molar-refractivity contribution in [1.82, 2.24) is 5.06 Å². The monoisotopic (exact) mass is 355 g/mol. The topological polar surface area (TPSA) is 104 Å². The molecule has 2 aromatic rings. The second-order valence-corrected chi connectivity index (χ2v) is 6.84. The Morgan fingerprint density at radius 3 is 1.96 bits per heavy atom. The summed E-state index contributed by atoms with van der Waals surface area (Å²) < 4.78 is 42.8. The van der Waals surface area contributed by atoms with Crippen molar-refractivity contribution in [2.45, 2.75) is 10.3 Å². The number of nitrogens with zero attached hydrogens (tertiary/aromatic N) is 1. The molecular weight excluding hydrogens is 341 g/mol. The molecule has 1 atom stereocenters. The fourth-order valence-corrected chi connectivity index (χ4v) is 3.40. The molecule has 0 radical (unpaired) electrons. The van der Waals surface area contributed by atoms with E-state index in [2.05, 4.69) is 0 Å². The lowest BCUT2D eigenvalue weighted by Crippen LogP contribution is -2.42. The van der Waals surface area contributed by atoms with Gasteiger partial charge in [-0.3, -0.25) is 0 Å². The highest BCUT2D eigenvalue weighted by molar-refractivity contribution is 7.92. The van der Waals surface area contributed by atoms with Gasteiger partial charge in [-0.15, -0.1) is 0 Å². The van der Waals surface area contributed by atoms with Crippen LogP contribution in [0.5, 0.6) is 11.5 Å². The van der Waals surface area contributed by atoms with Gasteiger partial charge in [0.05, 0.1) is 4.90 Å². The van der Waals surface area contributed by atoms with Gasteiger partial charge in [0.15, 0.2) is 0 Å². The summed E-state index contributed by atoms with van der Waals surface area (Å²) in [6, 6.07) is 10.2. The van der Waals surface area contributed by atoms with Gasteiger partial charge in [-0.2, -0.15) is 5.06 Å². The number of hydrogen-bond acceptors (Lipinski definition) is 6. The van der Waals surface area contributed by atoms with Crippen LogP contribution >= 0.6 is 0 Å². The van der Waals surface area contributed by atoms with Gasteiger partial charge in [-0.05, 0) is 48.5 Å². The summed E-state index contributed by atoms with van der Waals surface area (Å²) in [5.41, 5.74) is 0. The van der Waals surface area contributed by atoms with Crippen LogP contribution in [0.25, 0.3) is 0 Å². The van der Waals surface area contributed by atoms with Crippen LogP contribution in [0.1, 0.15) is 0 Å². The Hall–Kier alpha value is -2.49. The zero-order valence-corrected chi connectivity index (χ0v) is 13.3. The molecule has 0 saturated carbocycles. The lowest BCUT2D eigenvalue weighted by Gasteiger charge is -2.18. The summed E-state index contributed by atoms with van der Waals surface area (Å²) in [6.07, 6.45) is 0. The highest BCUT2D eigenvalue weighted by atomic mass is 32.2. The van der Waals surface area contributed by atoms with Crippen molar-refractivity contribution < 1.29 is 32.7 Å². The number of rotatable bonds is 6. The molecule has 0 aliphatic carbocycles. The largest absolute Gasteiger partial charge is 0.479 e. The van der Waals surface area contributed by atoms with E-state index in [0.29, 0.717) is 5.75 Å². The minimum Gasteiger partial charge on any atom is -0.479 e. The molecule has 9 heteroatoms. The zero-order valence-electron chi connectivity index (χ0n) is 12.5. The molecule has 2 rings (SSSR count). The van der Waals surface area contributed by atoms with Crippen LogP contribution in [0.3, 0.4) is 0 Å². The smallest absolute Gasteiger partial charge is 0.339 e. The van der Waals surface area contributed by atoms with Gasteiger partial charge in [-0.25, -0.2) is 17.6 Å². The van der Waals surface area contributed by atoms with E-state index in [1.165, 1.54) is 36.4 Å². The Morgan fingerprint density at radius 1 is 1.08 bits per heavy atom. The Balaban J connectivity index is 2.25. The Bertz CT molecular complexity index is 818. The third-order valence-electron chi connectivity index (χ3n) is 3.05. The number of aliphatic carboxylic acids is 1. The number of benzene rings is 2. The standard InChI is InChI=1S/C15H14FNO6S/c1-17(20)14(15(18)19)24(21,22)13-8-6-12(7-9-13)23-11-4-2-10(16)3-5-11/h2-9,14,20H,1H3,(H,18,19). The summed E-state index contributed by atoms with van der Waals surface area (Å²) in [4.78, 5) is 10.8. The fraction of sp³-hybridized carbons (Fsp3) is 0.133. The van der Waals surface area contributed by atoms with Gasteiger partial charge in [0, 0.05) is 7.05 Å². The normalized spacial score (nSPS) is 12.8. The second kappa shape index (κ2) is 6.95. The Labute approximate surface area is 137 Å². The predicted octanol–water partition coefficient (Wildman–Crippen LogP) is 2.12. The maximum atomic E-state index is 12.8. The predicted molar refractivity (Wildman–Crippen MR) is 81.1 cm³/mol. The first-order valence-corrected chi connectivity index (χ1v) is 8.18. The fourth-order valence-electron chi connectivity index (χ4n) is 1.96. The molecule has 0 heterocycles. The molecule has 0 fully saturated rings. The molecule has 2 N–H and O–H groups in total. The highest BCUT2D eigenvalue weighted by Crippen LogP contribution is 2.25. The van der Waals surface area contributed by atoms with Crippen LogP contribution < -0.4 is 4.74 Å². The summed E-state index contributed by atoms with van der Waals surface area (Å²) in [6.45, 7) is 0. The van der Waals surface area contributed by atoms with Crippen molar-refractivity contribution in [2.75, 3.05) is 7.05 Å². The quantitative estimate of drug-likeness (QED) is 0.765. The van der Waals surface area contributed by atoms with Crippen LogP contribution in [0.15, 0.2) is 53.4 Å². The average molecular weight is 355 g/mol. The molecule has 0 aliphatic rings. The van der Waals surface area contributed by atoms with Crippen molar-refractivity contribution in [3.8, 4) is 11.5 Å². The summed E-state index contributed by atoms with van der Waals surface area (Å²) in [5, 5.41) is 16.2. The minimum atomic E-state index is -4.32. The number of carboxylic acids is 1. The highest BCUT2D eigenvalue weighted by Gasteiger charge is 2.37. The van der Waals surface area contributed by atoms with E-state index in [1.54, 1.807) is 0 Å². The van der Waals surface area contributed by atoms with Crippen molar-refractivity contribution in [3.05, 3.63) is 54.3 Å². The van der Waals surface area contributed by atoms with Gasteiger partial charge >= 0.3 is 5.97 Å². The average Bonchev–Trinajstić information content (AvgIpc) is 2.49. The number of likely N-dealkylation sites (N-methyl/N-ethyl adjacent to an activating group) is 1. The number of ether oxygens (including phenoxy) is 1. The molecule has 7 nitrogen and oxygen atoms in total. The lowest BCUT2D eigenvalue weighted by atomic mass is 10.3. The number of halogens is 1. The maximum absolute atomic E-state index is 12.8. The molecule has 1 unspecified atom stereocenters. The zero-order chi connectivity index (χ0) is 17.9. The summed E-state index contributed by atoms with van der Waals surface area (Å²) >= 11 is 0. The van der Waals surface area contributed by atoms with Crippen molar-refractivity contribution in [2.24, 2.45) is 0 Å². The van der Waals surface area contributed by atoms with E-state index in [-0.39, 0.29) is 15.7 Å². The van der Waals surface area contributed by atoms with E-state index in [4.69, 9.17) is 9.84 Å². The lowest BCUT2D eigenvalue weighted by molar-refractivity contribution is -0.153. The second-order valence-electron chi connectivity index (χ2n) is 4.84. The molecule has 128 valence electrons. The van der Waals surface area contributed by atoms with E-state index < -0.39 is 27.0 Å². The molecule has 0 aromatic heterocycles. The third-order valence-corrected chi connectivity index (χ3v) is 5.07. The van der Waals surface area contributed by atoms with E-state index in [9.17, 15) is 22.8 Å². The summed E-state index contributed by atoms with van der Waals surface area (Å²) in [7, 11) is -3.39. The SMILES string of the molecule is CN(O)C(C(=O)O)S(=O)(=O)c1ccc(Oc2ccc(F)cc2)cc1. The summed E-state index contributed by atoms with van der Waals surface area (Å²) in [5.74, 6) is -1.49.